The van der Waals surface area contributed by atoms with Crippen LogP contribution in [0.1, 0.15) is 53.9 Å². The van der Waals surface area contributed by atoms with Gasteiger partial charge in [-0.05, 0) is 23.7 Å². The van der Waals surface area contributed by atoms with Gasteiger partial charge in [0.25, 0.3) is 0 Å². The molecule has 0 fully saturated rings. The number of hydrogen-bond donors (Lipinski definition) is 1. The first-order chi connectivity index (χ1) is 8.00. The summed E-state index contributed by atoms with van der Waals surface area (Å²) in [5, 5.41) is 3.54. The average molecular weight is 243 g/mol. The molecule has 1 N–H and O–H groups in total. The van der Waals surface area contributed by atoms with Gasteiger partial charge in [0, 0.05) is 20.2 Å². The Kier molecular flexibility index (Phi) is 8.89. The molecule has 0 saturated heterocycles. The van der Waals surface area contributed by atoms with Gasteiger partial charge in [0.15, 0.2) is 0 Å². The molecule has 104 valence electrons. The number of nitrogens with one attached hydrogen (secondary N) is 1. The van der Waals surface area contributed by atoms with Gasteiger partial charge in [-0.3, -0.25) is 0 Å². The molecular weight excluding hydrogens is 210 g/mol. The largest absolute Gasteiger partial charge is 0.383 e. The highest BCUT2D eigenvalue weighted by atomic mass is 16.5. The molecule has 0 rings (SSSR count). The summed E-state index contributed by atoms with van der Waals surface area (Å²) in [7, 11) is 1.76. The summed E-state index contributed by atoms with van der Waals surface area (Å²) >= 11 is 0. The van der Waals surface area contributed by atoms with Gasteiger partial charge in [-0.15, -0.1) is 0 Å². The van der Waals surface area contributed by atoms with E-state index in [0.29, 0.717) is 5.41 Å². The number of rotatable bonds is 10. The van der Waals surface area contributed by atoms with Gasteiger partial charge in [0.05, 0.1) is 6.61 Å². The minimum absolute atomic E-state index is 0.407. The van der Waals surface area contributed by atoms with Crippen LogP contribution in [0.3, 0.4) is 0 Å². The summed E-state index contributed by atoms with van der Waals surface area (Å²) in [6, 6.07) is 0. The minimum Gasteiger partial charge on any atom is -0.383 e. The maximum atomic E-state index is 5.08. The van der Waals surface area contributed by atoms with E-state index < -0.39 is 0 Å². The van der Waals surface area contributed by atoms with Crippen LogP contribution >= 0.6 is 0 Å². The molecule has 0 bridgehead atoms. The average Bonchev–Trinajstić information content (AvgIpc) is 2.31. The van der Waals surface area contributed by atoms with Crippen LogP contribution in [0.5, 0.6) is 0 Å². The lowest BCUT2D eigenvalue weighted by Crippen LogP contribution is -2.38. The predicted octanol–water partition coefficient (Wildman–Crippen LogP) is 3.71. The highest BCUT2D eigenvalue weighted by molar-refractivity contribution is 4.82. The van der Waals surface area contributed by atoms with Crippen molar-refractivity contribution in [3.05, 3.63) is 0 Å². The molecule has 1 atom stereocenters. The summed E-state index contributed by atoms with van der Waals surface area (Å²) in [5.74, 6) is 1.59. The predicted molar refractivity (Wildman–Crippen MR) is 76.4 cm³/mol. The SMILES string of the molecule is CCC(CC)CC(C)(CNCCOC)C(C)C. The maximum Gasteiger partial charge on any atom is 0.0587 e. The third-order valence-electron chi connectivity index (χ3n) is 4.32. The van der Waals surface area contributed by atoms with Crippen LogP contribution in [0, 0.1) is 17.3 Å². The van der Waals surface area contributed by atoms with Gasteiger partial charge in [0.1, 0.15) is 0 Å². The van der Waals surface area contributed by atoms with E-state index in [1.165, 1.54) is 19.3 Å². The van der Waals surface area contributed by atoms with Crippen LogP contribution in [0.25, 0.3) is 0 Å². The Balaban J connectivity index is 4.24. The quantitative estimate of drug-likeness (QED) is 0.591. The third kappa shape index (κ3) is 6.42. The second-order valence-corrected chi connectivity index (χ2v) is 5.86. The van der Waals surface area contributed by atoms with E-state index in [9.17, 15) is 0 Å². The van der Waals surface area contributed by atoms with Crippen molar-refractivity contribution in [3.8, 4) is 0 Å². The van der Waals surface area contributed by atoms with Crippen molar-refractivity contribution >= 4 is 0 Å². The first kappa shape index (κ1) is 16.9. The lowest BCUT2D eigenvalue weighted by atomic mass is 9.71. The molecule has 0 aliphatic carbocycles. The fraction of sp³-hybridized carbons (Fsp3) is 1.00. The minimum atomic E-state index is 0.407. The molecule has 0 aromatic rings. The zero-order valence-electron chi connectivity index (χ0n) is 12.8. The third-order valence-corrected chi connectivity index (χ3v) is 4.32. The van der Waals surface area contributed by atoms with Crippen molar-refractivity contribution in [2.75, 3.05) is 26.8 Å². The van der Waals surface area contributed by atoms with Crippen molar-refractivity contribution < 1.29 is 4.74 Å². The smallest absolute Gasteiger partial charge is 0.0587 e. The van der Waals surface area contributed by atoms with Crippen LogP contribution in [-0.4, -0.2) is 26.8 Å². The van der Waals surface area contributed by atoms with Crippen LogP contribution in [-0.2, 0) is 4.74 Å². The van der Waals surface area contributed by atoms with Crippen molar-refractivity contribution in [2.45, 2.75) is 53.9 Å². The topological polar surface area (TPSA) is 21.3 Å². The number of hydrogen-bond acceptors (Lipinski definition) is 2. The van der Waals surface area contributed by atoms with E-state index in [4.69, 9.17) is 4.74 Å². The van der Waals surface area contributed by atoms with E-state index in [2.05, 4.69) is 39.9 Å². The van der Waals surface area contributed by atoms with Crippen molar-refractivity contribution in [3.63, 3.8) is 0 Å². The Hall–Kier alpha value is -0.0800. The molecule has 0 aromatic carbocycles. The summed E-state index contributed by atoms with van der Waals surface area (Å²) < 4.78 is 5.08. The lowest BCUT2D eigenvalue weighted by molar-refractivity contribution is 0.142. The fourth-order valence-corrected chi connectivity index (χ4v) is 2.30. The molecule has 0 spiro atoms. The highest BCUT2D eigenvalue weighted by Gasteiger charge is 2.30. The second-order valence-electron chi connectivity index (χ2n) is 5.86. The van der Waals surface area contributed by atoms with Crippen molar-refractivity contribution in [2.24, 2.45) is 17.3 Å². The molecule has 0 heterocycles. The zero-order chi connectivity index (χ0) is 13.3. The Morgan fingerprint density at radius 1 is 1.18 bits per heavy atom. The molecular formula is C15H33NO. The van der Waals surface area contributed by atoms with E-state index in [-0.39, 0.29) is 0 Å². The maximum absolute atomic E-state index is 5.08. The number of ether oxygens (including phenoxy) is 1. The number of methoxy groups -OCH3 is 1. The van der Waals surface area contributed by atoms with Gasteiger partial charge in [-0.2, -0.15) is 0 Å². The summed E-state index contributed by atoms with van der Waals surface area (Å²) in [5.41, 5.74) is 0.407. The normalized spacial score (nSPS) is 15.5. The van der Waals surface area contributed by atoms with Gasteiger partial charge in [0.2, 0.25) is 0 Å². The lowest BCUT2D eigenvalue weighted by Gasteiger charge is -2.37. The molecule has 1 unspecified atom stereocenters. The molecule has 0 aromatic heterocycles. The van der Waals surface area contributed by atoms with Crippen molar-refractivity contribution in [1.82, 2.24) is 5.32 Å². The van der Waals surface area contributed by atoms with Gasteiger partial charge < -0.3 is 10.1 Å². The molecule has 2 nitrogen and oxygen atoms in total. The van der Waals surface area contributed by atoms with Crippen molar-refractivity contribution in [1.29, 1.82) is 0 Å². The Morgan fingerprint density at radius 3 is 2.18 bits per heavy atom. The van der Waals surface area contributed by atoms with Crippen LogP contribution in [0.2, 0.25) is 0 Å². The molecule has 0 aliphatic rings. The molecule has 17 heavy (non-hydrogen) atoms. The standard InChI is InChI=1S/C15H33NO/c1-7-14(8-2)11-15(5,13(3)4)12-16-9-10-17-6/h13-14,16H,7-12H2,1-6H3. The Morgan fingerprint density at radius 2 is 1.76 bits per heavy atom. The highest BCUT2D eigenvalue weighted by Crippen LogP contribution is 2.35. The van der Waals surface area contributed by atoms with Gasteiger partial charge in [-0.25, -0.2) is 0 Å². The zero-order valence-corrected chi connectivity index (χ0v) is 12.8. The fourth-order valence-electron chi connectivity index (χ4n) is 2.30. The van der Waals surface area contributed by atoms with E-state index in [1.807, 2.05) is 0 Å². The Labute approximate surface area is 109 Å². The van der Waals surface area contributed by atoms with Gasteiger partial charge in [-0.1, -0.05) is 47.5 Å². The Bertz CT molecular complexity index is 178. The van der Waals surface area contributed by atoms with E-state index in [0.717, 1.165) is 31.5 Å². The summed E-state index contributed by atoms with van der Waals surface area (Å²) in [6.07, 6.45) is 3.94. The monoisotopic (exact) mass is 243 g/mol. The van der Waals surface area contributed by atoms with E-state index in [1.54, 1.807) is 7.11 Å². The van der Waals surface area contributed by atoms with Crippen LogP contribution < -0.4 is 5.32 Å². The van der Waals surface area contributed by atoms with E-state index >= 15 is 0 Å². The molecule has 2 heteroatoms. The summed E-state index contributed by atoms with van der Waals surface area (Å²) in [6.45, 7) is 14.6. The van der Waals surface area contributed by atoms with Gasteiger partial charge >= 0.3 is 0 Å². The van der Waals surface area contributed by atoms with Crippen LogP contribution in [0.15, 0.2) is 0 Å². The first-order valence-corrected chi connectivity index (χ1v) is 7.19. The molecule has 0 radical (unpaired) electrons. The summed E-state index contributed by atoms with van der Waals surface area (Å²) in [4.78, 5) is 0. The molecule has 0 aliphatic heterocycles. The second kappa shape index (κ2) is 8.93. The molecule has 0 amide bonds. The first-order valence-electron chi connectivity index (χ1n) is 7.19. The van der Waals surface area contributed by atoms with Crippen LogP contribution in [0.4, 0.5) is 0 Å². The molecule has 0 saturated carbocycles.